The maximum atomic E-state index is 12.7. The molecule has 1 amide bonds. The average molecular weight is 503 g/mol. The van der Waals surface area contributed by atoms with Crippen LogP contribution in [-0.4, -0.2) is 28.0 Å². The van der Waals surface area contributed by atoms with Crippen molar-refractivity contribution >= 4 is 21.6 Å². The van der Waals surface area contributed by atoms with Crippen molar-refractivity contribution in [1.82, 2.24) is 5.32 Å². The van der Waals surface area contributed by atoms with Crippen molar-refractivity contribution in [2.75, 3.05) is 18.4 Å². The molecule has 2 N–H and O–H groups in total. The third-order valence-corrected chi connectivity index (χ3v) is 6.81. The molecule has 4 aromatic carbocycles. The van der Waals surface area contributed by atoms with Crippen molar-refractivity contribution in [1.29, 1.82) is 0 Å². The zero-order valence-corrected chi connectivity index (χ0v) is 20.4. The highest BCUT2D eigenvalue weighted by molar-refractivity contribution is 7.92. The van der Waals surface area contributed by atoms with Gasteiger partial charge in [0.2, 0.25) is 0 Å². The fourth-order valence-electron chi connectivity index (χ4n) is 3.59. The summed E-state index contributed by atoms with van der Waals surface area (Å²) in [7, 11) is -2.24. The van der Waals surface area contributed by atoms with Crippen molar-refractivity contribution < 1.29 is 22.7 Å². The molecule has 0 saturated heterocycles. The van der Waals surface area contributed by atoms with Gasteiger partial charge in [0.25, 0.3) is 15.9 Å². The van der Waals surface area contributed by atoms with Crippen LogP contribution in [0, 0.1) is 0 Å². The van der Waals surface area contributed by atoms with Crippen molar-refractivity contribution in [3.8, 4) is 11.5 Å². The molecule has 0 unspecified atom stereocenters. The molecule has 0 radical (unpaired) electrons. The summed E-state index contributed by atoms with van der Waals surface area (Å²) in [5, 5.41) is 3.01. The fourth-order valence-corrected chi connectivity index (χ4v) is 4.65. The molecule has 184 valence electrons. The standard InChI is InChI=1S/C28H26N2O5S/c1-34-24-14-12-23(13-15-24)30-36(32,33)26-18-16-25(17-19-26)35-20-27(31)29-28(21-8-4-2-5-9-21)22-10-6-3-7-11-22/h2-19,28,30H,20H2,1H3,(H,29,31). The Balaban J connectivity index is 1.37. The number of amides is 1. The summed E-state index contributed by atoms with van der Waals surface area (Å²) in [5.41, 5.74) is 2.33. The maximum absolute atomic E-state index is 12.7. The van der Waals surface area contributed by atoms with Crippen molar-refractivity contribution in [3.05, 3.63) is 120 Å². The molecule has 0 heterocycles. The largest absolute Gasteiger partial charge is 0.497 e. The molecule has 0 aromatic heterocycles. The highest BCUT2D eigenvalue weighted by atomic mass is 32.2. The monoisotopic (exact) mass is 502 g/mol. The molecule has 0 spiro atoms. The number of carbonyl (C=O) groups excluding carboxylic acids is 1. The summed E-state index contributed by atoms with van der Waals surface area (Å²) in [6.45, 7) is -0.216. The van der Waals surface area contributed by atoms with Crippen LogP contribution in [0.4, 0.5) is 5.69 Å². The molecule has 0 saturated carbocycles. The van der Waals surface area contributed by atoms with E-state index in [1.165, 1.54) is 31.4 Å². The van der Waals surface area contributed by atoms with Gasteiger partial charge in [0, 0.05) is 5.69 Å². The first-order valence-corrected chi connectivity index (χ1v) is 12.7. The van der Waals surface area contributed by atoms with E-state index in [0.717, 1.165) is 11.1 Å². The van der Waals surface area contributed by atoms with Gasteiger partial charge in [-0.2, -0.15) is 0 Å². The number of hydrogen-bond acceptors (Lipinski definition) is 5. The van der Waals surface area contributed by atoms with Gasteiger partial charge in [0.1, 0.15) is 11.5 Å². The Morgan fingerprint density at radius 1 is 0.750 bits per heavy atom. The SMILES string of the molecule is COc1ccc(NS(=O)(=O)c2ccc(OCC(=O)NC(c3ccccc3)c3ccccc3)cc2)cc1. The topological polar surface area (TPSA) is 93.7 Å². The van der Waals surface area contributed by atoms with Gasteiger partial charge < -0.3 is 14.8 Å². The summed E-state index contributed by atoms with van der Waals surface area (Å²) >= 11 is 0. The molecule has 36 heavy (non-hydrogen) atoms. The van der Waals surface area contributed by atoms with Crippen LogP contribution in [0.3, 0.4) is 0 Å². The first-order chi connectivity index (χ1) is 17.4. The Morgan fingerprint density at radius 3 is 1.81 bits per heavy atom. The van der Waals surface area contributed by atoms with Crippen molar-refractivity contribution in [2.24, 2.45) is 0 Å². The number of nitrogens with one attached hydrogen (secondary N) is 2. The number of carbonyl (C=O) groups is 1. The van der Waals surface area contributed by atoms with E-state index in [1.807, 2.05) is 60.7 Å². The molecule has 8 heteroatoms. The van der Waals surface area contributed by atoms with E-state index in [2.05, 4.69) is 10.0 Å². The number of sulfonamides is 1. The van der Waals surface area contributed by atoms with Crippen LogP contribution in [0.15, 0.2) is 114 Å². The molecule has 0 atom stereocenters. The Kier molecular flexibility index (Phi) is 7.87. The third kappa shape index (κ3) is 6.43. The van der Waals surface area contributed by atoms with E-state index in [1.54, 1.807) is 24.3 Å². The van der Waals surface area contributed by atoms with E-state index < -0.39 is 10.0 Å². The van der Waals surface area contributed by atoms with Gasteiger partial charge >= 0.3 is 0 Å². The van der Waals surface area contributed by atoms with Gasteiger partial charge in [0.05, 0.1) is 18.0 Å². The number of ether oxygens (including phenoxy) is 2. The van der Waals surface area contributed by atoms with Crippen molar-refractivity contribution in [2.45, 2.75) is 10.9 Å². The molecular formula is C28H26N2O5S. The number of methoxy groups -OCH3 is 1. The van der Waals surface area contributed by atoms with Gasteiger partial charge in [-0.1, -0.05) is 60.7 Å². The highest BCUT2D eigenvalue weighted by Crippen LogP contribution is 2.23. The van der Waals surface area contributed by atoms with Crippen LogP contribution >= 0.6 is 0 Å². The smallest absolute Gasteiger partial charge is 0.261 e. The van der Waals surface area contributed by atoms with E-state index in [9.17, 15) is 13.2 Å². The minimum atomic E-state index is -3.78. The average Bonchev–Trinajstić information content (AvgIpc) is 2.92. The summed E-state index contributed by atoms with van der Waals surface area (Å²) in [4.78, 5) is 12.8. The van der Waals surface area contributed by atoms with Crippen LogP contribution < -0.4 is 19.5 Å². The van der Waals surface area contributed by atoms with Gasteiger partial charge in [-0.3, -0.25) is 9.52 Å². The maximum Gasteiger partial charge on any atom is 0.261 e. The zero-order valence-electron chi connectivity index (χ0n) is 19.6. The van der Waals surface area contributed by atoms with Crippen LogP contribution in [0.5, 0.6) is 11.5 Å². The predicted molar refractivity (Wildman–Crippen MR) is 139 cm³/mol. The van der Waals surface area contributed by atoms with Crippen LogP contribution in [0.25, 0.3) is 0 Å². The second kappa shape index (κ2) is 11.4. The van der Waals surface area contributed by atoms with E-state index >= 15 is 0 Å². The van der Waals surface area contributed by atoms with Crippen LogP contribution in [0.2, 0.25) is 0 Å². The molecule has 0 aliphatic rings. The highest BCUT2D eigenvalue weighted by Gasteiger charge is 2.18. The first kappa shape index (κ1) is 24.8. The lowest BCUT2D eigenvalue weighted by atomic mass is 9.99. The Morgan fingerprint density at radius 2 is 1.28 bits per heavy atom. The van der Waals surface area contributed by atoms with E-state index in [4.69, 9.17) is 9.47 Å². The van der Waals surface area contributed by atoms with Gasteiger partial charge in [-0.25, -0.2) is 8.42 Å². The fraction of sp³-hybridized carbons (Fsp3) is 0.107. The normalized spacial score (nSPS) is 11.1. The van der Waals surface area contributed by atoms with Gasteiger partial charge in [-0.15, -0.1) is 0 Å². The van der Waals surface area contributed by atoms with E-state index in [0.29, 0.717) is 17.2 Å². The molecule has 0 bridgehead atoms. The summed E-state index contributed by atoms with van der Waals surface area (Å²) in [6, 6.07) is 31.5. The van der Waals surface area contributed by atoms with Crippen LogP contribution in [-0.2, 0) is 14.8 Å². The summed E-state index contributed by atoms with van der Waals surface area (Å²) in [6.07, 6.45) is 0. The third-order valence-electron chi connectivity index (χ3n) is 5.42. The van der Waals surface area contributed by atoms with E-state index in [-0.39, 0.29) is 23.5 Å². The lowest BCUT2D eigenvalue weighted by molar-refractivity contribution is -0.123. The second-order valence-corrected chi connectivity index (χ2v) is 9.60. The minimum Gasteiger partial charge on any atom is -0.497 e. The van der Waals surface area contributed by atoms with Gasteiger partial charge in [0.15, 0.2) is 6.61 Å². The van der Waals surface area contributed by atoms with Crippen LogP contribution in [0.1, 0.15) is 17.2 Å². The molecule has 0 aliphatic carbocycles. The number of anilines is 1. The first-order valence-electron chi connectivity index (χ1n) is 11.2. The predicted octanol–water partition coefficient (Wildman–Crippen LogP) is 4.78. The second-order valence-electron chi connectivity index (χ2n) is 7.92. The lowest BCUT2D eigenvalue weighted by Gasteiger charge is -2.20. The lowest BCUT2D eigenvalue weighted by Crippen LogP contribution is -2.33. The molecule has 4 rings (SSSR count). The summed E-state index contributed by atoms with van der Waals surface area (Å²) < 4.78 is 38.6. The minimum absolute atomic E-state index is 0.0725. The molecule has 0 aliphatic heterocycles. The Hall–Kier alpha value is -4.30. The number of rotatable bonds is 10. The van der Waals surface area contributed by atoms with Gasteiger partial charge in [-0.05, 0) is 59.7 Å². The van der Waals surface area contributed by atoms with Crippen molar-refractivity contribution in [3.63, 3.8) is 0 Å². The molecule has 0 fully saturated rings. The molecular weight excluding hydrogens is 476 g/mol. The number of hydrogen-bond donors (Lipinski definition) is 2. The quantitative estimate of drug-likeness (QED) is 0.326. The number of benzene rings is 4. The molecule has 7 nitrogen and oxygen atoms in total. The Labute approximate surface area is 210 Å². The Bertz CT molecular complexity index is 1340. The zero-order chi connectivity index (χ0) is 25.4. The summed E-state index contributed by atoms with van der Waals surface area (Å²) in [5.74, 6) is 0.706. The molecule has 4 aromatic rings.